The van der Waals surface area contributed by atoms with Crippen molar-refractivity contribution in [2.24, 2.45) is 5.41 Å². The van der Waals surface area contributed by atoms with Gasteiger partial charge in [-0.05, 0) is 26.0 Å². The van der Waals surface area contributed by atoms with Crippen LogP contribution in [-0.2, 0) is 19.0 Å². The summed E-state index contributed by atoms with van der Waals surface area (Å²) in [5, 5.41) is 0. The van der Waals surface area contributed by atoms with E-state index < -0.39 is 40.5 Å². The number of rotatable bonds is 7. The molecule has 0 heterocycles. The monoisotopic (exact) mass is 399 g/mol. The number of carbonyl (C=O) groups is 3. The van der Waals surface area contributed by atoms with Crippen LogP contribution in [0, 0.1) is 11.2 Å². The summed E-state index contributed by atoms with van der Waals surface area (Å²) >= 11 is 0. The molecule has 0 aliphatic heterocycles. The molecule has 156 valence electrons. The smallest absolute Gasteiger partial charge is 0.421 e. The largest absolute Gasteiger partial charge is 0.463 e. The van der Waals surface area contributed by atoms with Crippen LogP contribution in [0.25, 0.3) is 0 Å². The van der Waals surface area contributed by atoms with Crippen molar-refractivity contribution < 1.29 is 37.7 Å². The fourth-order valence-electron chi connectivity index (χ4n) is 2.21. The topological polar surface area (TPSA) is 91.4 Å². The number of halogens is 1. The second kappa shape index (κ2) is 10.0. The van der Waals surface area contributed by atoms with E-state index in [0.29, 0.717) is 4.90 Å². The van der Waals surface area contributed by atoms with Crippen molar-refractivity contribution in [3.63, 3.8) is 0 Å². The van der Waals surface area contributed by atoms with E-state index in [4.69, 9.17) is 18.9 Å². The predicted molar refractivity (Wildman–Crippen MR) is 98.8 cm³/mol. The quantitative estimate of drug-likeness (QED) is 0.512. The van der Waals surface area contributed by atoms with Gasteiger partial charge in [0.05, 0.1) is 18.9 Å². The van der Waals surface area contributed by atoms with E-state index >= 15 is 0 Å². The highest BCUT2D eigenvalue weighted by Crippen LogP contribution is 2.35. The summed E-state index contributed by atoms with van der Waals surface area (Å²) in [7, 11) is 1.32. The lowest BCUT2D eigenvalue weighted by molar-refractivity contribution is -0.125. The number of carbonyl (C=O) groups excluding carboxylic acids is 3. The van der Waals surface area contributed by atoms with Gasteiger partial charge >= 0.3 is 12.1 Å². The molecule has 28 heavy (non-hydrogen) atoms. The molecule has 0 spiro atoms. The Labute approximate surface area is 163 Å². The minimum absolute atomic E-state index is 0.00424. The molecule has 0 N–H and O–H groups in total. The first-order valence-electron chi connectivity index (χ1n) is 8.72. The van der Waals surface area contributed by atoms with Gasteiger partial charge in [-0.1, -0.05) is 20.8 Å². The number of hydrogen-bond donors (Lipinski definition) is 0. The lowest BCUT2D eigenvalue weighted by Gasteiger charge is -2.29. The first-order valence-corrected chi connectivity index (χ1v) is 8.72. The highest BCUT2D eigenvalue weighted by molar-refractivity contribution is 6.17. The molecule has 1 rings (SSSR count). The number of methoxy groups -OCH3 is 1. The third kappa shape index (κ3) is 5.41. The van der Waals surface area contributed by atoms with Crippen LogP contribution in [-0.4, -0.2) is 45.1 Å². The van der Waals surface area contributed by atoms with Gasteiger partial charge in [0.2, 0.25) is 5.91 Å². The molecule has 1 aromatic carbocycles. The Kier molecular flexibility index (Phi) is 8.36. The first-order chi connectivity index (χ1) is 13.1. The molecule has 0 saturated heterocycles. The number of hydrogen-bond acceptors (Lipinski definition) is 7. The maximum absolute atomic E-state index is 14.4. The van der Waals surface area contributed by atoms with E-state index in [0.717, 1.165) is 12.1 Å². The van der Waals surface area contributed by atoms with Crippen LogP contribution in [0.15, 0.2) is 12.1 Å². The van der Waals surface area contributed by atoms with Gasteiger partial charge in [0, 0.05) is 12.5 Å². The lowest BCUT2D eigenvalue weighted by atomic mass is 9.94. The lowest BCUT2D eigenvalue weighted by Crippen LogP contribution is -2.45. The highest BCUT2D eigenvalue weighted by Gasteiger charge is 2.38. The van der Waals surface area contributed by atoms with Crippen LogP contribution >= 0.6 is 0 Å². The van der Waals surface area contributed by atoms with Gasteiger partial charge in [-0.25, -0.2) is 18.9 Å². The Morgan fingerprint density at radius 3 is 2.18 bits per heavy atom. The van der Waals surface area contributed by atoms with Crippen LogP contribution in [0.5, 0.6) is 5.75 Å². The molecule has 0 bridgehead atoms. The van der Waals surface area contributed by atoms with Gasteiger partial charge in [0.15, 0.2) is 18.4 Å². The van der Waals surface area contributed by atoms with E-state index in [1.54, 1.807) is 34.6 Å². The average Bonchev–Trinajstić information content (AvgIpc) is 2.61. The number of benzene rings is 1. The van der Waals surface area contributed by atoms with E-state index in [1.807, 2.05) is 0 Å². The minimum atomic E-state index is -1.00. The fourth-order valence-corrected chi connectivity index (χ4v) is 2.21. The third-order valence-corrected chi connectivity index (χ3v) is 3.42. The van der Waals surface area contributed by atoms with Crippen molar-refractivity contribution in [2.75, 3.05) is 32.0 Å². The maximum Gasteiger partial charge on any atom is 0.421 e. The molecule has 0 aromatic heterocycles. The van der Waals surface area contributed by atoms with Crippen LogP contribution in [0.4, 0.5) is 14.9 Å². The molecule has 0 unspecified atom stereocenters. The van der Waals surface area contributed by atoms with Crippen LogP contribution in [0.3, 0.4) is 0 Å². The SMILES string of the molecule is CCOC(=O)c1c(N(C(=O)OCC)C(=O)C(C)(C)C)ccc(F)c1OCOC. The Hall–Kier alpha value is -2.68. The van der Waals surface area contributed by atoms with Crippen molar-refractivity contribution in [2.45, 2.75) is 34.6 Å². The minimum Gasteiger partial charge on any atom is -0.463 e. The van der Waals surface area contributed by atoms with E-state index in [9.17, 15) is 18.8 Å². The summed E-state index contributed by atoms with van der Waals surface area (Å²) in [5.74, 6) is -2.98. The zero-order valence-electron chi connectivity index (χ0n) is 17.0. The first kappa shape index (κ1) is 23.4. The zero-order valence-corrected chi connectivity index (χ0v) is 17.0. The Bertz CT molecular complexity index is 728. The predicted octanol–water partition coefficient (Wildman–Crippen LogP) is 3.52. The summed E-state index contributed by atoms with van der Waals surface area (Å²) in [4.78, 5) is 38.7. The number of nitrogens with zero attached hydrogens (tertiary/aromatic N) is 1. The number of ether oxygens (including phenoxy) is 4. The third-order valence-electron chi connectivity index (χ3n) is 3.42. The normalized spacial score (nSPS) is 11.0. The number of imide groups is 1. The number of anilines is 1. The van der Waals surface area contributed by atoms with Gasteiger partial charge < -0.3 is 18.9 Å². The molecule has 8 nitrogen and oxygen atoms in total. The van der Waals surface area contributed by atoms with Gasteiger partial charge in [-0.15, -0.1) is 0 Å². The molecule has 0 aliphatic rings. The molecule has 2 amide bonds. The van der Waals surface area contributed by atoms with Crippen LogP contribution in [0.2, 0.25) is 0 Å². The Balaban J connectivity index is 3.73. The average molecular weight is 399 g/mol. The van der Waals surface area contributed by atoms with Crippen LogP contribution in [0.1, 0.15) is 45.0 Å². The Morgan fingerprint density at radius 2 is 1.68 bits per heavy atom. The van der Waals surface area contributed by atoms with Gasteiger partial charge in [-0.3, -0.25) is 4.79 Å². The van der Waals surface area contributed by atoms with E-state index in [1.165, 1.54) is 7.11 Å². The number of amides is 2. The summed E-state index contributed by atoms with van der Waals surface area (Å²) in [5.41, 5.74) is -1.62. The van der Waals surface area contributed by atoms with Crippen molar-refractivity contribution in [1.29, 1.82) is 0 Å². The number of esters is 1. The Morgan fingerprint density at radius 1 is 1.07 bits per heavy atom. The van der Waals surface area contributed by atoms with Crippen molar-refractivity contribution >= 4 is 23.7 Å². The van der Waals surface area contributed by atoms with Gasteiger partial charge in [-0.2, -0.15) is 0 Å². The molecule has 0 radical (unpaired) electrons. The van der Waals surface area contributed by atoms with E-state index in [2.05, 4.69) is 0 Å². The standard InChI is InChI=1S/C19H26FNO7/c1-7-26-16(22)14-13(10-9-12(20)15(14)28-11-25-6)21(18(24)27-8-2)17(23)19(3,4)5/h9-10H,7-8,11H2,1-6H3. The summed E-state index contributed by atoms with van der Waals surface area (Å²) in [6, 6.07) is 2.10. The highest BCUT2D eigenvalue weighted by atomic mass is 19.1. The molecule has 0 fully saturated rings. The van der Waals surface area contributed by atoms with Crippen molar-refractivity contribution in [1.82, 2.24) is 0 Å². The second-order valence-corrected chi connectivity index (χ2v) is 6.63. The molecule has 1 aromatic rings. The molecule has 0 aliphatic carbocycles. The summed E-state index contributed by atoms with van der Waals surface area (Å²) in [6.07, 6.45) is -1.00. The van der Waals surface area contributed by atoms with Crippen LogP contribution < -0.4 is 9.64 Å². The molecular weight excluding hydrogens is 373 g/mol. The maximum atomic E-state index is 14.4. The molecule has 9 heteroatoms. The molecular formula is C19H26FNO7. The fraction of sp³-hybridized carbons (Fsp3) is 0.526. The van der Waals surface area contributed by atoms with Gasteiger partial charge in [0.25, 0.3) is 0 Å². The molecule has 0 saturated carbocycles. The van der Waals surface area contributed by atoms with Gasteiger partial charge in [0.1, 0.15) is 5.56 Å². The van der Waals surface area contributed by atoms with E-state index in [-0.39, 0.29) is 25.7 Å². The molecule has 0 atom stereocenters. The van der Waals surface area contributed by atoms with Crippen molar-refractivity contribution in [3.8, 4) is 5.75 Å². The summed E-state index contributed by atoms with van der Waals surface area (Å²) < 4.78 is 34.3. The second-order valence-electron chi connectivity index (χ2n) is 6.63. The summed E-state index contributed by atoms with van der Waals surface area (Å²) in [6.45, 7) is 7.55. The zero-order chi connectivity index (χ0) is 21.5. The van der Waals surface area contributed by atoms with Crippen molar-refractivity contribution in [3.05, 3.63) is 23.5 Å².